The van der Waals surface area contributed by atoms with Gasteiger partial charge in [0.1, 0.15) is 17.3 Å². The summed E-state index contributed by atoms with van der Waals surface area (Å²) in [5, 5.41) is 15.6. The molecule has 48 heavy (non-hydrogen) atoms. The van der Waals surface area contributed by atoms with Crippen LogP contribution in [-0.4, -0.2) is 55.5 Å². The maximum Gasteiger partial charge on any atom is 0.409 e. The van der Waals surface area contributed by atoms with E-state index in [1.807, 2.05) is 30.3 Å². The van der Waals surface area contributed by atoms with Gasteiger partial charge in [-0.2, -0.15) is 0 Å². The van der Waals surface area contributed by atoms with E-state index in [1.54, 1.807) is 11.2 Å². The number of sulfone groups is 1. The molecule has 1 saturated heterocycles. The number of nitrogens with zero attached hydrogens (tertiary/aromatic N) is 1. The molecule has 4 aliphatic rings. The maximum absolute atomic E-state index is 13.7. The fourth-order valence-electron chi connectivity index (χ4n) is 7.99. The molecule has 1 unspecified atom stereocenters. The lowest BCUT2D eigenvalue weighted by molar-refractivity contribution is -0.0504. The number of halogens is 1. The molecule has 3 aromatic carbocycles. The largest absolute Gasteiger partial charge is 0.504 e. The molecule has 1 saturated carbocycles. The highest BCUT2D eigenvalue weighted by Gasteiger charge is 2.58. The van der Waals surface area contributed by atoms with Crippen LogP contribution >= 0.6 is 11.6 Å². The number of phenolic OH excluding ortho intramolecular Hbond substituents is 1. The van der Waals surface area contributed by atoms with E-state index in [0.29, 0.717) is 38.1 Å². The van der Waals surface area contributed by atoms with E-state index in [2.05, 4.69) is 34.9 Å². The van der Waals surface area contributed by atoms with Gasteiger partial charge < -0.3 is 29.8 Å². The summed E-state index contributed by atoms with van der Waals surface area (Å²) in [7, 11) is -4.05. The van der Waals surface area contributed by atoms with Crippen molar-refractivity contribution in [2.24, 2.45) is 5.41 Å². The van der Waals surface area contributed by atoms with Crippen molar-refractivity contribution >= 4 is 39.2 Å². The molecule has 1 spiro atoms. The van der Waals surface area contributed by atoms with Gasteiger partial charge in [-0.25, -0.2) is 18.0 Å². The average Bonchev–Trinajstić information content (AvgIpc) is 3.63. The number of rotatable bonds is 6. The first-order valence-electron chi connectivity index (χ1n) is 16.1. The van der Waals surface area contributed by atoms with Crippen LogP contribution in [0.3, 0.4) is 0 Å². The highest BCUT2D eigenvalue weighted by Crippen LogP contribution is 2.54. The summed E-state index contributed by atoms with van der Waals surface area (Å²) in [6, 6.07) is 20.0. The predicted octanol–water partition coefficient (Wildman–Crippen LogP) is 7.02. The first-order valence-corrected chi connectivity index (χ1v) is 18.0. The van der Waals surface area contributed by atoms with Crippen LogP contribution in [-0.2, 0) is 21.0 Å². The van der Waals surface area contributed by atoms with Gasteiger partial charge in [-0.3, -0.25) is 0 Å². The molecule has 1 aromatic heterocycles. The van der Waals surface area contributed by atoms with Gasteiger partial charge in [-0.05, 0) is 78.1 Å². The van der Waals surface area contributed by atoms with Crippen LogP contribution in [0.1, 0.15) is 60.1 Å². The molecule has 10 nitrogen and oxygen atoms in total. The summed E-state index contributed by atoms with van der Waals surface area (Å²) in [4.78, 5) is 27.1. The molecule has 3 aliphatic carbocycles. The van der Waals surface area contributed by atoms with E-state index in [1.165, 1.54) is 12.1 Å². The van der Waals surface area contributed by atoms with Crippen LogP contribution < -0.4 is 10.6 Å². The number of nitrogens with one attached hydrogen (secondary N) is 2. The van der Waals surface area contributed by atoms with Gasteiger partial charge >= 0.3 is 12.1 Å². The maximum atomic E-state index is 13.7. The number of phenols is 1. The predicted molar refractivity (Wildman–Crippen MR) is 179 cm³/mol. The van der Waals surface area contributed by atoms with Crippen molar-refractivity contribution in [2.45, 2.75) is 54.2 Å². The molecule has 3 amide bonds. The summed E-state index contributed by atoms with van der Waals surface area (Å²) >= 11 is 6.33. The molecule has 2 fully saturated rings. The Morgan fingerprint density at radius 3 is 2.40 bits per heavy atom. The summed E-state index contributed by atoms with van der Waals surface area (Å²) in [6.45, 7) is 1.02. The minimum atomic E-state index is -4.05. The molecule has 248 valence electrons. The molecule has 4 aromatic rings. The number of carbonyl (C=O) groups is 2. The number of fused-ring (bicyclic) bond motifs is 4. The minimum absolute atomic E-state index is 0.0420. The van der Waals surface area contributed by atoms with Gasteiger partial charge in [0.2, 0.25) is 0 Å². The Morgan fingerprint density at radius 2 is 1.69 bits per heavy atom. The second-order valence-corrected chi connectivity index (χ2v) is 15.9. The van der Waals surface area contributed by atoms with Gasteiger partial charge in [0.25, 0.3) is 0 Å². The monoisotopic (exact) mass is 687 g/mol. The molecular formula is C36H34ClN3O7S. The van der Waals surface area contributed by atoms with E-state index < -0.39 is 37.9 Å². The minimum Gasteiger partial charge on any atom is -0.504 e. The number of hydrogen-bond donors (Lipinski definition) is 3. The number of anilines is 1. The fraction of sp³-hybridized carbons (Fsp3) is 0.333. The lowest BCUT2D eigenvalue weighted by Crippen LogP contribution is -2.66. The Kier molecular flexibility index (Phi) is 7.44. The molecule has 8 rings (SSSR count). The normalized spacial score (nSPS) is 19.4. The topological polar surface area (TPSA) is 138 Å². The van der Waals surface area contributed by atoms with Gasteiger partial charge in [0, 0.05) is 24.4 Å². The number of likely N-dealkylation sites (tertiary alicyclic amines) is 1. The number of hydrogen-bond acceptors (Lipinski definition) is 7. The van der Waals surface area contributed by atoms with Gasteiger partial charge in [-0.15, -0.1) is 0 Å². The molecule has 12 heteroatoms. The van der Waals surface area contributed by atoms with E-state index in [4.69, 9.17) is 20.8 Å². The third kappa shape index (κ3) is 5.11. The highest BCUT2D eigenvalue weighted by atomic mass is 35.5. The van der Waals surface area contributed by atoms with Crippen molar-refractivity contribution in [3.63, 3.8) is 0 Å². The van der Waals surface area contributed by atoms with Crippen LogP contribution in [0.15, 0.2) is 82.3 Å². The Hall–Kier alpha value is -4.48. The Labute approximate surface area is 283 Å². The van der Waals surface area contributed by atoms with E-state index in [9.17, 15) is 23.1 Å². The van der Waals surface area contributed by atoms with E-state index in [0.717, 1.165) is 40.7 Å². The zero-order chi connectivity index (χ0) is 33.2. The number of benzene rings is 3. The summed E-state index contributed by atoms with van der Waals surface area (Å²) in [5.74, 6) is 0.0570. The van der Waals surface area contributed by atoms with Crippen molar-refractivity contribution in [3.05, 3.63) is 100 Å². The number of aromatic hydroxyl groups is 1. The van der Waals surface area contributed by atoms with Crippen molar-refractivity contribution in [3.8, 4) is 16.9 Å². The van der Waals surface area contributed by atoms with Crippen LogP contribution in [0.4, 0.5) is 15.3 Å². The van der Waals surface area contributed by atoms with Crippen LogP contribution in [0.5, 0.6) is 5.75 Å². The number of ether oxygens (including phenoxy) is 1. The lowest BCUT2D eigenvalue weighted by atomic mass is 9.63. The van der Waals surface area contributed by atoms with Crippen LogP contribution in [0.2, 0.25) is 5.02 Å². The number of carbonyl (C=O) groups excluding carboxylic acids is 2. The molecule has 3 N–H and O–H groups in total. The molecule has 2 heterocycles. The molecule has 1 atom stereocenters. The number of amides is 3. The Bertz CT molecular complexity index is 2000. The van der Waals surface area contributed by atoms with Crippen molar-refractivity contribution in [1.82, 2.24) is 10.2 Å². The van der Waals surface area contributed by atoms with Crippen molar-refractivity contribution < 1.29 is 32.3 Å². The third-order valence-electron chi connectivity index (χ3n) is 10.4. The van der Waals surface area contributed by atoms with Gasteiger partial charge in [-0.1, -0.05) is 60.1 Å². The second-order valence-electron chi connectivity index (χ2n) is 13.4. The first kappa shape index (κ1) is 30.8. The third-order valence-corrected chi connectivity index (χ3v) is 13.0. The number of furan rings is 1. The zero-order valence-electron chi connectivity index (χ0n) is 25.9. The Balaban J connectivity index is 0.880. The average molecular weight is 688 g/mol. The Morgan fingerprint density at radius 1 is 1.00 bits per heavy atom. The van der Waals surface area contributed by atoms with Crippen LogP contribution in [0.25, 0.3) is 11.1 Å². The molecular weight excluding hydrogens is 654 g/mol. The van der Waals surface area contributed by atoms with Crippen molar-refractivity contribution in [1.29, 1.82) is 0 Å². The summed E-state index contributed by atoms with van der Waals surface area (Å²) < 4.78 is 38.8. The van der Waals surface area contributed by atoms with Gasteiger partial charge in [0.05, 0.1) is 28.3 Å². The smallest absolute Gasteiger partial charge is 0.409 e. The number of urea groups is 1. The van der Waals surface area contributed by atoms with Crippen molar-refractivity contribution in [2.75, 3.05) is 25.0 Å². The first-order chi connectivity index (χ1) is 23.1. The quantitative estimate of drug-likeness (QED) is 0.185. The zero-order valence-corrected chi connectivity index (χ0v) is 27.5. The van der Waals surface area contributed by atoms with Gasteiger partial charge in [0.15, 0.2) is 15.6 Å². The summed E-state index contributed by atoms with van der Waals surface area (Å²) in [5.41, 5.74) is 5.23. The SMILES string of the molecule is O=C(Nc1ccc(Cl)c(S(=O)(=O)C2CC3(C2)CN(C(=O)OCC2c4ccccc4-c4ccccc42)C3)c1O)NC1CCCc2ccoc21. The van der Waals surface area contributed by atoms with Crippen LogP contribution in [0, 0.1) is 5.41 Å². The fourth-order valence-corrected chi connectivity index (χ4v) is 10.7. The van der Waals surface area contributed by atoms with E-state index in [-0.39, 0.29) is 34.7 Å². The van der Waals surface area contributed by atoms with E-state index >= 15 is 0 Å². The summed E-state index contributed by atoms with van der Waals surface area (Å²) in [6.07, 6.45) is 4.29. The highest BCUT2D eigenvalue weighted by molar-refractivity contribution is 7.92. The number of aryl methyl sites for hydroxylation is 1. The standard InChI is InChI=1S/C36H34ClN3O7S/c37-28-12-13-29(38-34(42)39-30-11-5-6-21-14-15-46-32(21)30)31(41)33(28)48(44,45)22-16-36(17-22)19-40(20-36)35(43)47-18-27-25-9-3-1-7-23(25)24-8-2-4-10-26(24)27/h1-4,7-10,12-15,22,27,30,41H,5-6,11,16-20H2,(H2,38,39,42). The second kappa shape index (κ2) is 11.6. The molecule has 1 aliphatic heterocycles. The molecule has 0 radical (unpaired) electrons. The lowest BCUT2D eigenvalue weighted by Gasteiger charge is -2.57. The molecule has 0 bridgehead atoms.